The van der Waals surface area contributed by atoms with E-state index in [1.165, 1.54) is 16.6 Å². The molecule has 8 heteroatoms. The van der Waals surface area contributed by atoms with Crippen molar-refractivity contribution < 1.29 is 8.42 Å². The highest BCUT2D eigenvalue weighted by Gasteiger charge is 2.36. The van der Waals surface area contributed by atoms with Crippen LogP contribution in [0.2, 0.25) is 0 Å². The number of rotatable bonds is 6. The van der Waals surface area contributed by atoms with E-state index in [0.29, 0.717) is 11.4 Å². The van der Waals surface area contributed by atoms with E-state index in [9.17, 15) is 8.42 Å². The molecule has 0 unspecified atom stereocenters. The molecule has 182 valence electrons. The number of nitrogens with one attached hydrogen (secondary N) is 1. The number of benzene rings is 2. The number of hydrogen-bond donors (Lipinski definition) is 1. The monoisotopic (exact) mass is 489 g/mol. The zero-order valence-corrected chi connectivity index (χ0v) is 20.6. The molecule has 4 heterocycles. The summed E-state index contributed by atoms with van der Waals surface area (Å²) in [6.45, 7) is 5.50. The minimum absolute atomic E-state index is 0.0590. The quantitative estimate of drug-likeness (QED) is 0.442. The smallest absolute Gasteiger partial charge is 0.243 e. The number of aromatic nitrogens is 2. The van der Waals surface area contributed by atoms with Crippen LogP contribution in [0.3, 0.4) is 0 Å². The molecule has 2 saturated heterocycles. The van der Waals surface area contributed by atoms with Crippen molar-refractivity contribution in [1.82, 2.24) is 19.2 Å². The summed E-state index contributed by atoms with van der Waals surface area (Å²) in [6, 6.07) is 15.9. The summed E-state index contributed by atoms with van der Waals surface area (Å²) >= 11 is 0. The van der Waals surface area contributed by atoms with Gasteiger partial charge in [-0.25, -0.2) is 8.42 Å². The summed E-state index contributed by atoms with van der Waals surface area (Å²) in [4.78, 5) is 12.8. The highest BCUT2D eigenvalue weighted by Crippen LogP contribution is 2.32. The Bertz CT molecular complexity index is 1440. The summed E-state index contributed by atoms with van der Waals surface area (Å²) in [7, 11) is -3.55. The first-order chi connectivity index (χ1) is 17.1. The molecule has 4 aromatic rings. The van der Waals surface area contributed by atoms with Crippen LogP contribution in [0.5, 0.6) is 0 Å². The van der Waals surface area contributed by atoms with E-state index >= 15 is 0 Å². The minimum atomic E-state index is -3.55. The highest BCUT2D eigenvalue weighted by molar-refractivity contribution is 7.89. The van der Waals surface area contributed by atoms with Gasteiger partial charge >= 0.3 is 0 Å². The molecule has 2 aliphatic heterocycles. The van der Waals surface area contributed by atoms with Crippen molar-refractivity contribution >= 4 is 37.4 Å². The number of piperazine rings is 1. The molecule has 2 aliphatic rings. The van der Waals surface area contributed by atoms with E-state index in [1.54, 1.807) is 28.8 Å². The third kappa shape index (κ3) is 4.20. The van der Waals surface area contributed by atoms with Crippen molar-refractivity contribution in [3.8, 4) is 0 Å². The number of anilines is 1. The van der Waals surface area contributed by atoms with E-state index in [2.05, 4.69) is 44.0 Å². The molecule has 0 radical (unpaired) electrons. The number of pyridine rings is 1. The second-order valence-corrected chi connectivity index (χ2v) is 11.5. The summed E-state index contributed by atoms with van der Waals surface area (Å²) in [5, 5.41) is 2.89. The van der Waals surface area contributed by atoms with E-state index < -0.39 is 10.0 Å². The first-order valence-electron chi connectivity index (χ1n) is 12.5. The van der Waals surface area contributed by atoms with Crippen molar-refractivity contribution in [3.63, 3.8) is 0 Å². The highest BCUT2D eigenvalue weighted by atomic mass is 32.2. The molecule has 7 nitrogen and oxygen atoms in total. The Morgan fingerprint density at radius 2 is 1.80 bits per heavy atom. The fraction of sp³-hybridized carbons (Fsp3) is 0.370. The Morgan fingerprint density at radius 3 is 2.69 bits per heavy atom. The molecule has 2 fully saturated rings. The average Bonchev–Trinajstić information content (AvgIpc) is 3.57. The SMILES string of the molecule is O=S(=O)(c1cccc2cnccc12)N1CCC[C@H]1CCN1CCN(c2cccc3[nH]ccc23)CC1. The van der Waals surface area contributed by atoms with Crippen LogP contribution in [0.25, 0.3) is 21.7 Å². The van der Waals surface area contributed by atoms with Gasteiger partial charge in [0.1, 0.15) is 0 Å². The lowest BCUT2D eigenvalue weighted by atomic mass is 10.1. The van der Waals surface area contributed by atoms with Crippen LogP contribution in [0, 0.1) is 0 Å². The first kappa shape index (κ1) is 22.5. The third-order valence-corrected chi connectivity index (χ3v) is 9.62. The predicted octanol–water partition coefficient (Wildman–Crippen LogP) is 4.08. The Hall–Kier alpha value is -2.94. The van der Waals surface area contributed by atoms with Crippen LogP contribution in [0.4, 0.5) is 5.69 Å². The molecule has 2 aromatic heterocycles. The Labute approximate surface area is 206 Å². The summed E-state index contributed by atoms with van der Waals surface area (Å²) < 4.78 is 29.1. The van der Waals surface area contributed by atoms with Gasteiger partial charge in [0.25, 0.3) is 0 Å². The van der Waals surface area contributed by atoms with Gasteiger partial charge in [0.05, 0.1) is 4.90 Å². The zero-order valence-electron chi connectivity index (χ0n) is 19.8. The first-order valence-corrected chi connectivity index (χ1v) is 13.9. The molecule has 0 saturated carbocycles. The van der Waals surface area contributed by atoms with Gasteiger partial charge < -0.3 is 9.88 Å². The van der Waals surface area contributed by atoms with Gasteiger partial charge in [0.15, 0.2) is 0 Å². The normalized spacial score (nSPS) is 20.2. The van der Waals surface area contributed by atoms with Crippen LogP contribution in [0.15, 0.2) is 72.0 Å². The topological polar surface area (TPSA) is 72.5 Å². The number of H-pyrrole nitrogens is 1. The summed E-state index contributed by atoms with van der Waals surface area (Å²) in [5.41, 5.74) is 2.47. The van der Waals surface area contributed by atoms with Gasteiger partial charge in [-0.15, -0.1) is 0 Å². The maximum Gasteiger partial charge on any atom is 0.243 e. The number of sulfonamides is 1. The lowest BCUT2D eigenvalue weighted by Crippen LogP contribution is -2.47. The second kappa shape index (κ2) is 9.26. The maximum absolute atomic E-state index is 13.7. The largest absolute Gasteiger partial charge is 0.368 e. The Morgan fingerprint density at radius 1 is 0.943 bits per heavy atom. The van der Waals surface area contributed by atoms with Crippen molar-refractivity contribution in [1.29, 1.82) is 0 Å². The van der Waals surface area contributed by atoms with E-state index in [0.717, 1.165) is 62.8 Å². The van der Waals surface area contributed by atoms with Crippen molar-refractivity contribution in [3.05, 3.63) is 67.1 Å². The Balaban J connectivity index is 1.11. The Kier molecular flexibility index (Phi) is 5.96. The fourth-order valence-electron chi connectivity index (χ4n) is 5.75. The van der Waals surface area contributed by atoms with E-state index in [1.807, 2.05) is 18.3 Å². The van der Waals surface area contributed by atoms with Crippen LogP contribution in [-0.4, -0.2) is 72.9 Å². The van der Waals surface area contributed by atoms with Crippen molar-refractivity contribution in [2.24, 2.45) is 0 Å². The van der Waals surface area contributed by atoms with Crippen molar-refractivity contribution in [2.75, 3.05) is 44.2 Å². The molecule has 1 N–H and O–H groups in total. The molecular formula is C27H31N5O2S. The molecule has 35 heavy (non-hydrogen) atoms. The number of hydrogen-bond acceptors (Lipinski definition) is 5. The van der Waals surface area contributed by atoms with Crippen LogP contribution >= 0.6 is 0 Å². The third-order valence-electron chi connectivity index (χ3n) is 7.61. The molecule has 1 atom stereocenters. The van der Waals surface area contributed by atoms with Gasteiger partial charge in [0.2, 0.25) is 10.0 Å². The summed E-state index contributed by atoms with van der Waals surface area (Å²) in [6.07, 6.45) is 8.12. The molecule has 0 amide bonds. The van der Waals surface area contributed by atoms with Crippen LogP contribution < -0.4 is 4.90 Å². The molecule has 2 aromatic carbocycles. The number of nitrogens with zero attached hydrogens (tertiary/aromatic N) is 4. The zero-order chi connectivity index (χ0) is 23.8. The standard InChI is InChI=1S/C27H31N5O2S/c33-35(34,27-8-1-4-21-20-28-12-9-23(21)27)32-14-3-5-22(32)11-15-30-16-18-31(19-17-30)26-7-2-6-25-24(26)10-13-29-25/h1-2,4,6-10,12-13,20,22,29H,3,5,11,14-19H2/t22-/m0/s1. The molecule has 6 rings (SSSR count). The van der Waals surface area contributed by atoms with Gasteiger partial charge in [-0.2, -0.15) is 4.31 Å². The van der Waals surface area contributed by atoms with Gasteiger partial charge in [-0.1, -0.05) is 18.2 Å². The molecule has 0 aliphatic carbocycles. The number of fused-ring (bicyclic) bond motifs is 2. The molecule has 0 spiro atoms. The lowest BCUT2D eigenvalue weighted by Gasteiger charge is -2.37. The molecule has 0 bridgehead atoms. The summed E-state index contributed by atoms with van der Waals surface area (Å²) in [5.74, 6) is 0. The predicted molar refractivity (Wildman–Crippen MR) is 140 cm³/mol. The minimum Gasteiger partial charge on any atom is -0.368 e. The average molecular weight is 490 g/mol. The second-order valence-electron chi connectivity index (χ2n) is 9.60. The lowest BCUT2D eigenvalue weighted by molar-refractivity contribution is 0.232. The number of aromatic amines is 1. The fourth-order valence-corrected chi connectivity index (χ4v) is 7.69. The van der Waals surface area contributed by atoms with Gasteiger partial charge in [-0.3, -0.25) is 9.88 Å². The van der Waals surface area contributed by atoms with Gasteiger partial charge in [-0.05, 0) is 56.1 Å². The van der Waals surface area contributed by atoms with Crippen molar-refractivity contribution in [2.45, 2.75) is 30.2 Å². The van der Waals surface area contributed by atoms with Gasteiger partial charge in [0, 0.05) is 84.7 Å². The van der Waals surface area contributed by atoms with Crippen LogP contribution in [0.1, 0.15) is 19.3 Å². The van der Waals surface area contributed by atoms with E-state index in [4.69, 9.17) is 0 Å². The molecular weight excluding hydrogens is 458 g/mol. The van der Waals surface area contributed by atoms with Crippen LogP contribution in [-0.2, 0) is 10.0 Å². The maximum atomic E-state index is 13.7. The van der Waals surface area contributed by atoms with E-state index in [-0.39, 0.29) is 6.04 Å².